The first-order chi connectivity index (χ1) is 11.4. The maximum atomic E-state index is 13.0. The van der Waals surface area contributed by atoms with Crippen molar-refractivity contribution in [2.75, 3.05) is 11.5 Å². The van der Waals surface area contributed by atoms with Crippen LogP contribution in [0, 0.1) is 11.8 Å². The summed E-state index contributed by atoms with van der Waals surface area (Å²) in [5, 5.41) is 0. The SMILES string of the molecule is CC(=O)OC[C@@]12C=C[C@@H](O1)[C@@H]1C(=O)N(c3cccc(Br)c3)C(=O)[C@@H]12. The van der Waals surface area contributed by atoms with Crippen LogP contribution in [-0.2, 0) is 23.9 Å². The molecule has 0 N–H and O–H groups in total. The van der Waals surface area contributed by atoms with Gasteiger partial charge in [0.25, 0.3) is 0 Å². The Morgan fingerprint density at radius 3 is 2.88 bits per heavy atom. The van der Waals surface area contributed by atoms with Crippen molar-refractivity contribution < 1.29 is 23.9 Å². The molecule has 24 heavy (non-hydrogen) atoms. The van der Waals surface area contributed by atoms with E-state index in [1.165, 1.54) is 11.8 Å². The Morgan fingerprint density at radius 2 is 2.17 bits per heavy atom. The molecule has 0 saturated carbocycles. The monoisotopic (exact) mass is 391 g/mol. The number of esters is 1. The van der Waals surface area contributed by atoms with Gasteiger partial charge in [0, 0.05) is 11.4 Å². The Kier molecular flexibility index (Phi) is 3.40. The van der Waals surface area contributed by atoms with Crippen molar-refractivity contribution in [3.63, 3.8) is 0 Å². The van der Waals surface area contributed by atoms with Crippen molar-refractivity contribution in [1.82, 2.24) is 0 Å². The number of amides is 2. The number of carbonyl (C=O) groups excluding carboxylic acids is 3. The lowest BCUT2D eigenvalue weighted by atomic mass is 9.77. The van der Waals surface area contributed by atoms with Crippen molar-refractivity contribution in [1.29, 1.82) is 0 Å². The molecule has 0 unspecified atom stereocenters. The lowest BCUT2D eigenvalue weighted by molar-refractivity contribution is -0.150. The largest absolute Gasteiger partial charge is 0.462 e. The molecule has 2 bridgehead atoms. The number of carbonyl (C=O) groups is 3. The van der Waals surface area contributed by atoms with Gasteiger partial charge in [-0.05, 0) is 24.3 Å². The zero-order valence-electron chi connectivity index (χ0n) is 12.8. The molecule has 4 atom stereocenters. The summed E-state index contributed by atoms with van der Waals surface area (Å²) < 4.78 is 11.7. The lowest BCUT2D eigenvalue weighted by Crippen LogP contribution is -2.44. The predicted octanol–water partition coefficient (Wildman–Crippen LogP) is 1.83. The van der Waals surface area contributed by atoms with E-state index in [0.717, 1.165) is 4.47 Å². The quantitative estimate of drug-likeness (QED) is 0.446. The zero-order chi connectivity index (χ0) is 17.1. The minimum Gasteiger partial charge on any atom is -0.462 e. The zero-order valence-corrected chi connectivity index (χ0v) is 14.4. The van der Waals surface area contributed by atoms with Gasteiger partial charge < -0.3 is 9.47 Å². The molecule has 3 aliphatic heterocycles. The standard InChI is InChI=1S/C17H14BrNO5/c1-9(20)23-8-17-6-5-12(24-17)13-14(17)16(22)19(15(13)21)11-4-2-3-10(18)7-11/h2-7,12-14H,8H2,1H3/t12-,13+,14-,17-/m1/s1. The molecule has 2 fully saturated rings. The number of fused-ring (bicyclic) bond motifs is 5. The van der Waals surface area contributed by atoms with E-state index in [-0.39, 0.29) is 18.4 Å². The third kappa shape index (κ3) is 2.08. The highest BCUT2D eigenvalue weighted by atomic mass is 79.9. The van der Waals surface area contributed by atoms with E-state index in [0.29, 0.717) is 5.69 Å². The molecule has 1 aromatic carbocycles. The van der Waals surface area contributed by atoms with Gasteiger partial charge in [0.1, 0.15) is 12.2 Å². The minimum atomic E-state index is -1.05. The van der Waals surface area contributed by atoms with Gasteiger partial charge in [-0.25, -0.2) is 4.90 Å². The van der Waals surface area contributed by atoms with Crippen molar-refractivity contribution in [3.8, 4) is 0 Å². The number of halogens is 1. The minimum absolute atomic E-state index is 0.0676. The molecule has 0 aliphatic carbocycles. The third-order valence-electron chi connectivity index (χ3n) is 4.72. The Morgan fingerprint density at radius 1 is 1.38 bits per heavy atom. The van der Waals surface area contributed by atoms with E-state index < -0.39 is 29.5 Å². The second-order valence-electron chi connectivity index (χ2n) is 6.17. The number of ether oxygens (including phenoxy) is 2. The molecular formula is C17H14BrNO5. The van der Waals surface area contributed by atoms with Gasteiger partial charge >= 0.3 is 5.97 Å². The first-order valence-electron chi connectivity index (χ1n) is 7.57. The van der Waals surface area contributed by atoms with Crippen LogP contribution in [0.25, 0.3) is 0 Å². The number of imide groups is 1. The molecule has 2 amide bonds. The highest BCUT2D eigenvalue weighted by molar-refractivity contribution is 9.10. The molecule has 2 saturated heterocycles. The summed E-state index contributed by atoms with van der Waals surface area (Å²) in [6.07, 6.45) is 3.07. The van der Waals surface area contributed by atoms with Crippen molar-refractivity contribution >= 4 is 39.4 Å². The van der Waals surface area contributed by atoms with Gasteiger partial charge in [-0.15, -0.1) is 0 Å². The molecule has 6 nitrogen and oxygen atoms in total. The summed E-state index contributed by atoms with van der Waals surface area (Å²) >= 11 is 3.35. The van der Waals surface area contributed by atoms with E-state index in [1.807, 2.05) is 6.07 Å². The van der Waals surface area contributed by atoms with Gasteiger partial charge in [-0.1, -0.05) is 28.1 Å². The van der Waals surface area contributed by atoms with Crippen molar-refractivity contribution in [3.05, 3.63) is 40.9 Å². The van der Waals surface area contributed by atoms with Crippen LogP contribution in [0.4, 0.5) is 5.69 Å². The summed E-state index contributed by atoms with van der Waals surface area (Å²) in [4.78, 5) is 38.2. The molecule has 3 heterocycles. The third-order valence-corrected chi connectivity index (χ3v) is 5.22. The molecular weight excluding hydrogens is 378 g/mol. The highest BCUT2D eigenvalue weighted by Gasteiger charge is 2.68. The van der Waals surface area contributed by atoms with E-state index in [1.54, 1.807) is 30.4 Å². The predicted molar refractivity (Wildman–Crippen MR) is 87.0 cm³/mol. The van der Waals surface area contributed by atoms with Crippen LogP contribution in [0.3, 0.4) is 0 Å². The number of benzene rings is 1. The summed E-state index contributed by atoms with van der Waals surface area (Å²) in [6, 6.07) is 7.04. The van der Waals surface area contributed by atoms with E-state index in [2.05, 4.69) is 15.9 Å². The summed E-state index contributed by atoms with van der Waals surface area (Å²) in [7, 11) is 0. The molecule has 4 rings (SSSR count). The van der Waals surface area contributed by atoms with Gasteiger partial charge in [-0.2, -0.15) is 0 Å². The van der Waals surface area contributed by atoms with Crippen LogP contribution in [0.5, 0.6) is 0 Å². The van der Waals surface area contributed by atoms with Crippen LogP contribution in [0.1, 0.15) is 6.92 Å². The van der Waals surface area contributed by atoms with Gasteiger partial charge in [0.2, 0.25) is 11.8 Å². The second-order valence-corrected chi connectivity index (χ2v) is 7.09. The fourth-order valence-electron chi connectivity index (χ4n) is 3.75. The second kappa shape index (κ2) is 5.26. The number of anilines is 1. The van der Waals surface area contributed by atoms with Crippen LogP contribution in [0.2, 0.25) is 0 Å². The van der Waals surface area contributed by atoms with Gasteiger partial charge in [0.05, 0.1) is 23.6 Å². The molecule has 3 aliphatic rings. The smallest absolute Gasteiger partial charge is 0.302 e. The Bertz CT molecular complexity index is 791. The number of nitrogens with zero attached hydrogens (tertiary/aromatic N) is 1. The first kappa shape index (κ1) is 15.5. The lowest BCUT2D eigenvalue weighted by Gasteiger charge is -2.28. The maximum Gasteiger partial charge on any atom is 0.302 e. The van der Waals surface area contributed by atoms with Gasteiger partial charge in [-0.3, -0.25) is 14.4 Å². The summed E-state index contributed by atoms with van der Waals surface area (Å²) in [6.45, 7) is 1.23. The van der Waals surface area contributed by atoms with Crippen LogP contribution < -0.4 is 4.90 Å². The van der Waals surface area contributed by atoms with Crippen LogP contribution in [0.15, 0.2) is 40.9 Å². The van der Waals surface area contributed by atoms with Crippen molar-refractivity contribution in [2.24, 2.45) is 11.8 Å². The van der Waals surface area contributed by atoms with E-state index in [4.69, 9.17) is 9.47 Å². The van der Waals surface area contributed by atoms with E-state index in [9.17, 15) is 14.4 Å². The summed E-state index contributed by atoms with van der Waals surface area (Å²) in [5.74, 6) is -2.28. The number of hydrogen-bond donors (Lipinski definition) is 0. The molecule has 124 valence electrons. The highest BCUT2D eigenvalue weighted by Crippen LogP contribution is 2.52. The topological polar surface area (TPSA) is 72.9 Å². The Labute approximate surface area is 146 Å². The Balaban J connectivity index is 1.70. The maximum absolute atomic E-state index is 13.0. The van der Waals surface area contributed by atoms with Crippen LogP contribution >= 0.6 is 15.9 Å². The van der Waals surface area contributed by atoms with Gasteiger partial charge in [0.15, 0.2) is 0 Å². The van der Waals surface area contributed by atoms with Crippen molar-refractivity contribution in [2.45, 2.75) is 18.6 Å². The molecule has 1 aromatic rings. The number of hydrogen-bond acceptors (Lipinski definition) is 5. The average molecular weight is 392 g/mol. The molecule has 0 aromatic heterocycles. The fraction of sp³-hybridized carbons (Fsp3) is 0.353. The molecule has 0 radical (unpaired) electrons. The normalized spacial score (nSPS) is 33.2. The Hall–Kier alpha value is -1.99. The summed E-state index contributed by atoms with van der Waals surface area (Å²) in [5.41, 5.74) is -0.523. The molecule has 7 heteroatoms. The van der Waals surface area contributed by atoms with Crippen LogP contribution in [-0.4, -0.2) is 36.1 Å². The molecule has 0 spiro atoms. The first-order valence-corrected chi connectivity index (χ1v) is 8.36. The fourth-order valence-corrected chi connectivity index (χ4v) is 4.14. The average Bonchev–Trinajstić information content (AvgIpc) is 3.16. The number of rotatable bonds is 3. The van der Waals surface area contributed by atoms with E-state index >= 15 is 0 Å².